The molecule has 0 heterocycles. The Bertz CT molecular complexity index is 757. The summed E-state index contributed by atoms with van der Waals surface area (Å²) in [5.74, 6) is 0.358. The first-order valence-electron chi connectivity index (χ1n) is 10.6. The standard InChI is InChI=1S/C23H33N3O4/c1-15(2)21(22(25)27)26(23(28)30-20-7-5-6-16(3)12-20)17(4)14-29-19-10-8-18(13-24)9-11-19/h8-11,15-17,20-21H,5-7,12,14H2,1-4H3,(H2,25,27)/t16?,17?,20?,21-/m0/s1. The summed E-state index contributed by atoms with van der Waals surface area (Å²) in [6.45, 7) is 7.84. The Labute approximate surface area is 179 Å². The molecule has 7 nitrogen and oxygen atoms in total. The SMILES string of the molecule is CC1CCCC(OC(=O)N(C(C)COc2ccc(C#N)cc2)[C@H](C(N)=O)C(C)C)C1. The normalized spacial score (nSPS) is 20.7. The van der Waals surface area contributed by atoms with E-state index in [0.717, 1.165) is 25.7 Å². The molecule has 1 aliphatic rings. The lowest BCUT2D eigenvalue weighted by atomic mass is 9.89. The van der Waals surface area contributed by atoms with E-state index >= 15 is 0 Å². The number of hydrogen-bond donors (Lipinski definition) is 1. The molecule has 7 heteroatoms. The third-order valence-corrected chi connectivity index (χ3v) is 5.54. The lowest BCUT2D eigenvalue weighted by Crippen LogP contribution is -2.56. The summed E-state index contributed by atoms with van der Waals surface area (Å²) in [4.78, 5) is 26.7. The summed E-state index contributed by atoms with van der Waals surface area (Å²) in [5.41, 5.74) is 6.19. The van der Waals surface area contributed by atoms with E-state index in [2.05, 4.69) is 13.0 Å². The van der Waals surface area contributed by atoms with Gasteiger partial charge in [-0.3, -0.25) is 9.69 Å². The fourth-order valence-corrected chi connectivity index (χ4v) is 3.97. The average Bonchev–Trinajstić information content (AvgIpc) is 2.69. The summed E-state index contributed by atoms with van der Waals surface area (Å²) >= 11 is 0. The van der Waals surface area contributed by atoms with Crippen LogP contribution in [0.2, 0.25) is 0 Å². The van der Waals surface area contributed by atoms with Gasteiger partial charge in [-0.1, -0.05) is 27.2 Å². The van der Waals surface area contributed by atoms with E-state index in [1.165, 1.54) is 4.90 Å². The summed E-state index contributed by atoms with van der Waals surface area (Å²) in [6.07, 6.45) is 3.17. The number of rotatable bonds is 8. The molecule has 0 aliphatic heterocycles. The highest BCUT2D eigenvalue weighted by Crippen LogP contribution is 2.27. The summed E-state index contributed by atoms with van der Waals surface area (Å²) in [6, 6.07) is 7.55. The summed E-state index contributed by atoms with van der Waals surface area (Å²) < 4.78 is 11.6. The van der Waals surface area contributed by atoms with Crippen LogP contribution in [0, 0.1) is 23.2 Å². The lowest BCUT2D eigenvalue weighted by molar-refractivity contribution is -0.125. The molecule has 1 aromatic rings. The van der Waals surface area contributed by atoms with Crippen LogP contribution in [-0.4, -0.2) is 41.7 Å². The van der Waals surface area contributed by atoms with Crippen molar-refractivity contribution in [2.45, 2.75) is 71.6 Å². The van der Waals surface area contributed by atoms with Crippen molar-refractivity contribution < 1.29 is 19.1 Å². The number of carbonyl (C=O) groups is 2. The molecule has 30 heavy (non-hydrogen) atoms. The quantitative estimate of drug-likeness (QED) is 0.694. The Kier molecular flexibility index (Phi) is 8.52. The van der Waals surface area contributed by atoms with E-state index in [0.29, 0.717) is 17.2 Å². The fourth-order valence-electron chi connectivity index (χ4n) is 3.97. The third-order valence-electron chi connectivity index (χ3n) is 5.54. The first-order valence-corrected chi connectivity index (χ1v) is 10.6. The molecule has 3 unspecified atom stereocenters. The van der Waals surface area contributed by atoms with Crippen LogP contribution in [0.15, 0.2) is 24.3 Å². The Hall–Kier alpha value is -2.75. The Morgan fingerprint density at radius 3 is 2.43 bits per heavy atom. The zero-order valence-corrected chi connectivity index (χ0v) is 18.3. The molecular weight excluding hydrogens is 382 g/mol. The van der Waals surface area contributed by atoms with Crippen molar-refractivity contribution in [3.05, 3.63) is 29.8 Å². The van der Waals surface area contributed by atoms with Crippen molar-refractivity contribution in [1.82, 2.24) is 4.90 Å². The first-order chi connectivity index (χ1) is 14.2. The van der Waals surface area contributed by atoms with Gasteiger partial charge in [0, 0.05) is 0 Å². The Balaban J connectivity index is 2.13. The van der Waals surface area contributed by atoms with Gasteiger partial charge >= 0.3 is 6.09 Å². The number of carbonyl (C=O) groups excluding carboxylic acids is 2. The maximum Gasteiger partial charge on any atom is 0.411 e. The molecule has 2 N–H and O–H groups in total. The van der Waals surface area contributed by atoms with E-state index in [1.807, 2.05) is 20.8 Å². The van der Waals surface area contributed by atoms with Crippen LogP contribution in [0.3, 0.4) is 0 Å². The largest absolute Gasteiger partial charge is 0.491 e. The monoisotopic (exact) mass is 415 g/mol. The van der Waals surface area contributed by atoms with Crippen LogP contribution in [-0.2, 0) is 9.53 Å². The zero-order valence-electron chi connectivity index (χ0n) is 18.3. The molecule has 1 aliphatic carbocycles. The molecule has 2 amide bonds. The van der Waals surface area contributed by atoms with Crippen LogP contribution in [0.4, 0.5) is 4.79 Å². The van der Waals surface area contributed by atoms with Crippen molar-refractivity contribution in [3.63, 3.8) is 0 Å². The molecule has 1 fully saturated rings. The average molecular weight is 416 g/mol. The Morgan fingerprint density at radius 2 is 1.90 bits per heavy atom. The van der Waals surface area contributed by atoms with Crippen molar-refractivity contribution in [2.75, 3.05) is 6.61 Å². The highest BCUT2D eigenvalue weighted by atomic mass is 16.6. The fraction of sp³-hybridized carbons (Fsp3) is 0.609. The van der Waals surface area contributed by atoms with E-state index in [1.54, 1.807) is 24.3 Å². The molecular formula is C23H33N3O4. The molecule has 0 spiro atoms. The highest BCUT2D eigenvalue weighted by molar-refractivity contribution is 5.84. The maximum absolute atomic E-state index is 13.1. The van der Waals surface area contributed by atoms with Gasteiger partial charge in [-0.05, 0) is 62.3 Å². The smallest absolute Gasteiger partial charge is 0.411 e. The van der Waals surface area contributed by atoms with Gasteiger partial charge in [0.05, 0.1) is 17.7 Å². The molecule has 0 radical (unpaired) electrons. The number of ether oxygens (including phenoxy) is 2. The van der Waals surface area contributed by atoms with Gasteiger partial charge in [-0.25, -0.2) is 4.79 Å². The Morgan fingerprint density at radius 1 is 1.23 bits per heavy atom. The minimum atomic E-state index is -0.793. The van der Waals surface area contributed by atoms with Crippen molar-refractivity contribution in [3.8, 4) is 11.8 Å². The minimum Gasteiger partial charge on any atom is -0.491 e. The van der Waals surface area contributed by atoms with Crippen molar-refractivity contribution in [2.24, 2.45) is 17.6 Å². The number of nitrogens with two attached hydrogens (primary N) is 1. The number of amides is 2. The topological polar surface area (TPSA) is 106 Å². The zero-order chi connectivity index (χ0) is 22.3. The van der Waals surface area contributed by atoms with E-state index in [9.17, 15) is 9.59 Å². The molecule has 1 aromatic carbocycles. The van der Waals surface area contributed by atoms with Crippen molar-refractivity contribution in [1.29, 1.82) is 5.26 Å². The lowest BCUT2D eigenvalue weighted by Gasteiger charge is -2.37. The van der Waals surface area contributed by atoms with E-state index in [-0.39, 0.29) is 18.6 Å². The third kappa shape index (κ3) is 6.38. The highest BCUT2D eigenvalue weighted by Gasteiger charge is 2.37. The second-order valence-corrected chi connectivity index (χ2v) is 8.57. The van der Waals surface area contributed by atoms with E-state index in [4.69, 9.17) is 20.5 Å². The minimum absolute atomic E-state index is 0.143. The van der Waals surface area contributed by atoms with Gasteiger partial charge in [0.15, 0.2) is 0 Å². The maximum atomic E-state index is 13.1. The molecule has 4 atom stereocenters. The first kappa shape index (κ1) is 23.5. The second kappa shape index (κ2) is 10.9. The number of nitriles is 1. The van der Waals surface area contributed by atoms with Gasteiger partial charge in [0.25, 0.3) is 0 Å². The van der Waals surface area contributed by atoms with Gasteiger partial charge in [0.1, 0.15) is 24.5 Å². The van der Waals surface area contributed by atoms with Crippen LogP contribution >= 0.6 is 0 Å². The molecule has 164 valence electrons. The predicted molar refractivity (Wildman–Crippen MR) is 114 cm³/mol. The van der Waals surface area contributed by atoms with Crippen LogP contribution < -0.4 is 10.5 Å². The van der Waals surface area contributed by atoms with Gasteiger partial charge in [-0.15, -0.1) is 0 Å². The summed E-state index contributed by atoms with van der Waals surface area (Å²) in [7, 11) is 0. The van der Waals surface area contributed by atoms with Gasteiger partial charge in [-0.2, -0.15) is 5.26 Å². The van der Waals surface area contributed by atoms with E-state index < -0.39 is 24.1 Å². The van der Waals surface area contributed by atoms with Gasteiger partial charge < -0.3 is 15.2 Å². The second-order valence-electron chi connectivity index (χ2n) is 8.57. The number of primary amides is 1. The van der Waals surface area contributed by atoms with Gasteiger partial charge in [0.2, 0.25) is 5.91 Å². The van der Waals surface area contributed by atoms with Crippen molar-refractivity contribution >= 4 is 12.0 Å². The van der Waals surface area contributed by atoms with Crippen LogP contribution in [0.1, 0.15) is 58.9 Å². The number of hydrogen-bond acceptors (Lipinski definition) is 5. The van der Waals surface area contributed by atoms with Crippen LogP contribution in [0.25, 0.3) is 0 Å². The molecule has 1 saturated carbocycles. The number of benzene rings is 1. The van der Waals surface area contributed by atoms with Crippen LogP contribution in [0.5, 0.6) is 5.75 Å². The predicted octanol–water partition coefficient (Wildman–Crippen LogP) is 3.85. The molecule has 0 aromatic heterocycles. The summed E-state index contributed by atoms with van der Waals surface area (Å²) in [5, 5.41) is 8.90. The molecule has 2 rings (SSSR count). The molecule has 0 bridgehead atoms. The number of nitrogens with zero attached hydrogens (tertiary/aromatic N) is 2. The molecule has 0 saturated heterocycles.